The van der Waals surface area contributed by atoms with Gasteiger partial charge in [-0.15, -0.1) is 13.2 Å². The maximum Gasteiger partial charge on any atom is 0.573 e. The van der Waals surface area contributed by atoms with Crippen molar-refractivity contribution in [2.75, 3.05) is 31.9 Å². The van der Waals surface area contributed by atoms with Gasteiger partial charge in [0.15, 0.2) is 0 Å². The van der Waals surface area contributed by atoms with Gasteiger partial charge in [-0.3, -0.25) is 14.6 Å². The fourth-order valence-corrected chi connectivity index (χ4v) is 7.65. The number of carbonyl (C=O) groups is 2. The summed E-state index contributed by atoms with van der Waals surface area (Å²) in [5, 5.41) is 12.9. The molecule has 0 unspecified atom stereocenters. The number of amidine groups is 1. The molecule has 244 valence electrons. The number of ether oxygens (including phenoxy) is 1. The van der Waals surface area contributed by atoms with Crippen molar-refractivity contribution in [1.29, 1.82) is 0 Å². The molecule has 0 atom stereocenters. The molecule has 2 saturated heterocycles. The first-order valence-corrected chi connectivity index (χ1v) is 16.5. The van der Waals surface area contributed by atoms with Crippen LogP contribution >= 0.6 is 0 Å². The summed E-state index contributed by atoms with van der Waals surface area (Å²) >= 11 is 0. The molecule has 5 rings (SSSR count). The van der Waals surface area contributed by atoms with Crippen LogP contribution in [0.2, 0.25) is 0 Å². The molecule has 14 heteroatoms. The largest absolute Gasteiger partial charge is 0.573 e. The Labute approximate surface area is 260 Å². The van der Waals surface area contributed by atoms with E-state index in [0.29, 0.717) is 37.1 Å². The van der Waals surface area contributed by atoms with Crippen molar-refractivity contribution < 1.29 is 41.0 Å². The van der Waals surface area contributed by atoms with Gasteiger partial charge in [-0.1, -0.05) is 0 Å². The minimum Gasteiger partial charge on any atom is -0.406 e. The van der Waals surface area contributed by atoms with E-state index in [1.807, 2.05) is 13.8 Å². The minimum atomic E-state index is -4.82. The highest BCUT2D eigenvalue weighted by atomic mass is 32.2. The molecule has 3 aliphatic rings. The van der Waals surface area contributed by atoms with Crippen molar-refractivity contribution in [2.45, 2.75) is 70.4 Å². The topological polar surface area (TPSA) is 129 Å². The summed E-state index contributed by atoms with van der Waals surface area (Å²) in [4.78, 5) is 32.3. The van der Waals surface area contributed by atoms with Gasteiger partial charge in [0, 0.05) is 37.3 Å². The highest BCUT2D eigenvalue weighted by Gasteiger charge is 2.47. The lowest BCUT2D eigenvalue weighted by molar-refractivity contribution is -0.274. The molecule has 2 amide bonds. The summed E-state index contributed by atoms with van der Waals surface area (Å²) in [7, 11) is -3.67. The third-order valence-corrected chi connectivity index (χ3v) is 10.8. The minimum absolute atomic E-state index is 0.0962. The van der Waals surface area contributed by atoms with Gasteiger partial charge in [0.2, 0.25) is 10.0 Å². The fraction of sp³-hybridized carbons (Fsp3) is 0.516. The van der Waals surface area contributed by atoms with Crippen molar-refractivity contribution in [3.8, 4) is 5.75 Å². The van der Waals surface area contributed by atoms with E-state index in [0.717, 1.165) is 28.8 Å². The molecule has 3 heterocycles. The van der Waals surface area contributed by atoms with Crippen molar-refractivity contribution >= 4 is 27.7 Å². The van der Waals surface area contributed by atoms with E-state index >= 15 is 0 Å². The lowest BCUT2D eigenvalue weighted by Crippen LogP contribution is -2.50. The highest BCUT2D eigenvalue weighted by molar-refractivity contribution is 7.89. The summed E-state index contributed by atoms with van der Waals surface area (Å²) in [5.41, 5.74) is 1.56. The van der Waals surface area contributed by atoms with Gasteiger partial charge in [0.1, 0.15) is 17.1 Å². The third-order valence-electron chi connectivity index (χ3n) is 8.97. The van der Waals surface area contributed by atoms with Crippen LogP contribution in [0.1, 0.15) is 65.2 Å². The number of aliphatic hydroxyl groups is 1. The number of piperidine rings is 2. The number of amides is 2. The van der Waals surface area contributed by atoms with Gasteiger partial charge in [-0.05, 0) is 106 Å². The van der Waals surface area contributed by atoms with E-state index in [4.69, 9.17) is 0 Å². The molecule has 2 N–H and O–H groups in total. The number of sulfonamides is 1. The van der Waals surface area contributed by atoms with Crippen LogP contribution in [0, 0.1) is 13.8 Å². The van der Waals surface area contributed by atoms with Crippen LogP contribution in [0.15, 0.2) is 41.4 Å². The first-order chi connectivity index (χ1) is 21.0. The molecule has 10 nitrogen and oxygen atoms in total. The van der Waals surface area contributed by atoms with Gasteiger partial charge in [0.05, 0.1) is 11.4 Å². The second kappa shape index (κ2) is 12.0. The zero-order chi connectivity index (χ0) is 32.8. The van der Waals surface area contributed by atoms with E-state index in [9.17, 15) is 36.3 Å². The van der Waals surface area contributed by atoms with Crippen molar-refractivity contribution in [3.05, 3.63) is 64.2 Å². The molecule has 0 aromatic heterocycles. The number of likely N-dealkylation sites (tertiary alicyclic amines) is 1. The molecule has 0 saturated carbocycles. The van der Waals surface area contributed by atoms with Crippen LogP contribution in [-0.4, -0.2) is 89.8 Å². The van der Waals surface area contributed by atoms with E-state index in [1.54, 1.807) is 24.0 Å². The Hall–Kier alpha value is -3.49. The zero-order valence-electron chi connectivity index (χ0n) is 25.4. The quantitative estimate of drug-likeness (QED) is 0.473. The summed E-state index contributed by atoms with van der Waals surface area (Å²) in [6.45, 7) is 6.64. The number of aliphatic imine (C=N–C) groups is 1. The number of benzene rings is 2. The lowest BCUT2D eigenvalue weighted by atomic mass is 9.89. The third kappa shape index (κ3) is 7.33. The molecular formula is C31H37F3N4O6S. The van der Waals surface area contributed by atoms with Crippen molar-refractivity contribution in [2.24, 2.45) is 4.99 Å². The van der Waals surface area contributed by atoms with Crippen LogP contribution in [0.5, 0.6) is 5.75 Å². The van der Waals surface area contributed by atoms with Gasteiger partial charge in [-0.25, -0.2) is 12.7 Å². The molecule has 2 aromatic carbocycles. The Morgan fingerprint density at radius 3 is 2.16 bits per heavy atom. The van der Waals surface area contributed by atoms with E-state index < -0.39 is 33.3 Å². The Morgan fingerprint density at radius 2 is 1.60 bits per heavy atom. The van der Waals surface area contributed by atoms with Crippen LogP contribution in [0.25, 0.3) is 0 Å². The monoisotopic (exact) mass is 650 g/mol. The molecular weight excluding hydrogens is 613 g/mol. The maximum atomic E-state index is 13.3. The standard InChI is InChI=1S/C31H37F3N4O6S/c1-20-18-23(27(39)37-13-9-29(3,41)10-14-37)19-21(2)25(20)8-17-45(42,43)38-15-11-30(12-16-38)28(40)35-26(36-30)22-4-6-24(7-5-22)44-31(32,33)34/h4-7,18-19,41H,8-17H2,1-3H3,(H,35,36,40). The van der Waals surface area contributed by atoms with Gasteiger partial charge >= 0.3 is 6.36 Å². The Balaban J connectivity index is 1.19. The van der Waals surface area contributed by atoms with E-state index in [2.05, 4.69) is 15.0 Å². The summed E-state index contributed by atoms with van der Waals surface area (Å²) < 4.78 is 69.3. The van der Waals surface area contributed by atoms with Gasteiger partial charge in [-0.2, -0.15) is 0 Å². The second-order valence-electron chi connectivity index (χ2n) is 12.4. The van der Waals surface area contributed by atoms with Gasteiger partial charge < -0.3 is 20.1 Å². The van der Waals surface area contributed by atoms with E-state index in [1.165, 1.54) is 16.4 Å². The summed E-state index contributed by atoms with van der Waals surface area (Å²) in [5.74, 6) is -0.792. The van der Waals surface area contributed by atoms with Crippen LogP contribution in [0.4, 0.5) is 13.2 Å². The maximum absolute atomic E-state index is 13.3. The number of aryl methyl sites for hydroxylation is 2. The van der Waals surface area contributed by atoms with Crippen LogP contribution < -0.4 is 10.1 Å². The Bertz CT molecular complexity index is 1580. The van der Waals surface area contributed by atoms with Crippen LogP contribution in [-0.2, 0) is 21.2 Å². The Morgan fingerprint density at radius 1 is 1.02 bits per heavy atom. The number of rotatable bonds is 7. The zero-order valence-corrected chi connectivity index (χ0v) is 26.2. The average Bonchev–Trinajstić information content (AvgIpc) is 3.26. The number of carbonyl (C=O) groups excluding carboxylic acids is 2. The highest BCUT2D eigenvalue weighted by Crippen LogP contribution is 2.33. The predicted octanol–water partition coefficient (Wildman–Crippen LogP) is 3.47. The summed E-state index contributed by atoms with van der Waals surface area (Å²) in [6.07, 6.45) is -3.20. The first kappa shape index (κ1) is 32.9. The molecule has 1 spiro atoms. The number of alkyl halides is 3. The summed E-state index contributed by atoms with van der Waals surface area (Å²) in [6, 6.07) is 8.58. The predicted molar refractivity (Wildman–Crippen MR) is 161 cm³/mol. The van der Waals surface area contributed by atoms with Crippen molar-refractivity contribution in [3.63, 3.8) is 0 Å². The van der Waals surface area contributed by atoms with Crippen LogP contribution in [0.3, 0.4) is 0 Å². The molecule has 2 aromatic rings. The molecule has 45 heavy (non-hydrogen) atoms. The van der Waals surface area contributed by atoms with Gasteiger partial charge in [0.25, 0.3) is 11.8 Å². The fourth-order valence-electron chi connectivity index (χ4n) is 6.19. The number of halogens is 3. The number of nitrogens with zero attached hydrogens (tertiary/aromatic N) is 3. The second-order valence-corrected chi connectivity index (χ2v) is 14.4. The SMILES string of the molecule is Cc1cc(C(=O)N2CCC(C)(O)CC2)cc(C)c1CCS(=O)(=O)N1CCC2(CC1)N=C(c1ccc(OC(F)(F)F)cc1)NC2=O. The van der Waals surface area contributed by atoms with Crippen molar-refractivity contribution in [1.82, 2.24) is 14.5 Å². The molecule has 0 radical (unpaired) electrons. The lowest BCUT2D eigenvalue weighted by Gasteiger charge is -2.36. The molecule has 0 aliphatic carbocycles. The average molecular weight is 651 g/mol. The number of nitrogens with one attached hydrogen (secondary N) is 1. The molecule has 2 fully saturated rings. The first-order valence-electron chi connectivity index (χ1n) is 14.8. The Kier molecular flexibility index (Phi) is 8.79. The van der Waals surface area contributed by atoms with E-state index in [-0.39, 0.29) is 55.8 Å². The molecule has 0 bridgehead atoms. The number of hydrogen-bond acceptors (Lipinski definition) is 7. The smallest absolute Gasteiger partial charge is 0.406 e. The normalized spacial score (nSPS) is 20.2. The molecule has 3 aliphatic heterocycles. The number of hydrogen-bond donors (Lipinski definition) is 2.